The van der Waals surface area contributed by atoms with E-state index < -0.39 is 11.9 Å². The topological polar surface area (TPSA) is 85.6 Å². The minimum atomic E-state index is -0.856. The molecule has 0 unspecified atom stereocenters. The zero-order valence-electron chi connectivity index (χ0n) is 20.3. The molecule has 5 rings (SSSR count). The monoisotopic (exact) mass is 495 g/mol. The van der Waals surface area contributed by atoms with Crippen molar-refractivity contribution in [2.45, 2.75) is 77.7 Å². The molecule has 2 aromatic rings. The van der Waals surface area contributed by atoms with Gasteiger partial charge in [-0.1, -0.05) is 31.9 Å². The van der Waals surface area contributed by atoms with Crippen molar-refractivity contribution in [2.75, 3.05) is 0 Å². The number of esters is 1. The highest BCUT2D eigenvalue weighted by atomic mass is 35.5. The molecule has 0 spiro atoms. The summed E-state index contributed by atoms with van der Waals surface area (Å²) in [6.45, 7) is 5.90. The van der Waals surface area contributed by atoms with Gasteiger partial charge in [0.1, 0.15) is 11.7 Å². The van der Waals surface area contributed by atoms with Crippen molar-refractivity contribution in [3.63, 3.8) is 0 Å². The van der Waals surface area contributed by atoms with Crippen molar-refractivity contribution in [3.05, 3.63) is 67.8 Å². The van der Waals surface area contributed by atoms with Crippen LogP contribution in [0.5, 0.6) is 0 Å². The Morgan fingerprint density at radius 3 is 2.63 bits per heavy atom. The molecule has 1 aromatic heterocycles. The first-order chi connectivity index (χ1) is 16.6. The molecule has 1 saturated carbocycles. The molecule has 0 saturated heterocycles. The summed E-state index contributed by atoms with van der Waals surface area (Å²) in [5.74, 6) is -1.41. The fourth-order valence-corrected chi connectivity index (χ4v) is 5.91. The molecule has 35 heavy (non-hydrogen) atoms. The summed E-state index contributed by atoms with van der Waals surface area (Å²) < 4.78 is 11.7. The fraction of sp³-hybridized carbons (Fsp3) is 0.464. The molecule has 7 heteroatoms. The smallest absolute Gasteiger partial charge is 0.337 e. The lowest BCUT2D eigenvalue weighted by molar-refractivity contribution is -0.146. The molecule has 1 atom stereocenters. The summed E-state index contributed by atoms with van der Waals surface area (Å²) in [4.78, 5) is 40.8. The zero-order valence-corrected chi connectivity index (χ0v) is 21.1. The number of hydrogen-bond donors (Lipinski definition) is 1. The Morgan fingerprint density at radius 1 is 1.14 bits per heavy atom. The average molecular weight is 496 g/mol. The molecular formula is C28H30ClNO5. The molecular weight excluding hydrogens is 466 g/mol. The third-order valence-electron chi connectivity index (χ3n) is 7.36. The summed E-state index contributed by atoms with van der Waals surface area (Å²) in [5, 5.41) is 4.05. The number of hydrogen-bond acceptors (Lipinski definition) is 6. The van der Waals surface area contributed by atoms with Gasteiger partial charge in [-0.15, -0.1) is 0 Å². The number of carbonyl (C=O) groups excluding carboxylic acids is 2. The Morgan fingerprint density at radius 2 is 1.89 bits per heavy atom. The Bertz CT molecular complexity index is 1340. The standard InChI is InChI=1S/C28H30ClNO5/c1-15-23(27(33)35-17-7-5-4-6-8-17)24(25-20(30-15)12-28(2,3)13-21(25)31)19-14-34-22-10-9-16(29)11-18(22)26(19)32/h9-11,14,17,24,30H,4-8,12-13H2,1-3H3/t24-/m0/s1. The maximum absolute atomic E-state index is 13.7. The predicted octanol–water partition coefficient (Wildman–Crippen LogP) is 5.93. The van der Waals surface area contributed by atoms with Crippen molar-refractivity contribution in [1.82, 2.24) is 5.32 Å². The molecule has 0 bridgehead atoms. The fourth-order valence-electron chi connectivity index (χ4n) is 5.73. The second-order valence-corrected chi connectivity index (χ2v) is 11.2. The number of benzene rings is 1. The molecule has 1 aliphatic heterocycles. The molecule has 3 aliphatic rings. The molecule has 1 fully saturated rings. The average Bonchev–Trinajstić information content (AvgIpc) is 2.78. The van der Waals surface area contributed by atoms with E-state index in [2.05, 4.69) is 5.32 Å². The summed E-state index contributed by atoms with van der Waals surface area (Å²) in [7, 11) is 0. The number of halogens is 1. The van der Waals surface area contributed by atoms with E-state index in [1.165, 1.54) is 6.26 Å². The molecule has 2 aliphatic carbocycles. The number of dihydropyridines is 1. The summed E-state index contributed by atoms with van der Waals surface area (Å²) in [5.41, 5.74) is 2.23. The number of Topliss-reactive ketones (excluding diaryl/α,β-unsaturated/α-hetero) is 1. The van der Waals surface area contributed by atoms with Crippen LogP contribution in [-0.2, 0) is 14.3 Å². The van der Waals surface area contributed by atoms with Crippen molar-refractivity contribution in [1.29, 1.82) is 0 Å². The van der Waals surface area contributed by atoms with Crippen LogP contribution in [0, 0.1) is 5.41 Å². The van der Waals surface area contributed by atoms with Crippen LogP contribution < -0.4 is 10.7 Å². The van der Waals surface area contributed by atoms with Crippen molar-refractivity contribution in [3.8, 4) is 0 Å². The van der Waals surface area contributed by atoms with Crippen LogP contribution in [0.3, 0.4) is 0 Å². The van der Waals surface area contributed by atoms with E-state index in [9.17, 15) is 14.4 Å². The molecule has 0 radical (unpaired) electrons. The number of rotatable bonds is 3. The second-order valence-electron chi connectivity index (χ2n) is 10.8. The van der Waals surface area contributed by atoms with Crippen LogP contribution in [0.15, 0.2) is 56.2 Å². The molecule has 2 heterocycles. The number of nitrogens with one attached hydrogen (secondary N) is 1. The van der Waals surface area contributed by atoms with Gasteiger partial charge in [-0.3, -0.25) is 9.59 Å². The van der Waals surface area contributed by atoms with Gasteiger partial charge in [-0.2, -0.15) is 0 Å². The van der Waals surface area contributed by atoms with Gasteiger partial charge in [0.2, 0.25) is 0 Å². The van der Waals surface area contributed by atoms with Crippen LogP contribution in [-0.4, -0.2) is 17.9 Å². The van der Waals surface area contributed by atoms with E-state index in [4.69, 9.17) is 20.8 Å². The third kappa shape index (κ3) is 4.44. The van der Waals surface area contributed by atoms with Gasteiger partial charge in [0.25, 0.3) is 0 Å². The van der Waals surface area contributed by atoms with Crippen molar-refractivity contribution < 1.29 is 18.7 Å². The Hall–Kier alpha value is -2.86. The number of carbonyl (C=O) groups is 2. The van der Waals surface area contributed by atoms with Gasteiger partial charge in [-0.25, -0.2) is 4.79 Å². The molecule has 184 valence electrons. The van der Waals surface area contributed by atoms with E-state index >= 15 is 0 Å². The van der Waals surface area contributed by atoms with E-state index in [1.54, 1.807) is 25.1 Å². The highest BCUT2D eigenvalue weighted by Gasteiger charge is 2.44. The highest BCUT2D eigenvalue weighted by Crippen LogP contribution is 2.46. The summed E-state index contributed by atoms with van der Waals surface area (Å²) in [6, 6.07) is 4.86. The van der Waals surface area contributed by atoms with E-state index in [0.29, 0.717) is 45.7 Å². The Balaban J connectivity index is 1.66. The quantitative estimate of drug-likeness (QED) is 0.531. The first-order valence-electron chi connectivity index (χ1n) is 12.3. The van der Waals surface area contributed by atoms with E-state index in [0.717, 1.165) is 37.8 Å². The zero-order chi connectivity index (χ0) is 24.9. The summed E-state index contributed by atoms with van der Waals surface area (Å²) in [6.07, 6.45) is 7.04. The van der Waals surface area contributed by atoms with Crippen molar-refractivity contribution in [2.24, 2.45) is 5.41 Å². The SMILES string of the molecule is CC1=C(C(=O)OC2CCCCC2)[C@H](c2coc3ccc(Cl)cc3c2=O)C2=C(CC(C)(C)CC2=O)N1. The number of ether oxygens (including phenoxy) is 1. The molecule has 0 amide bonds. The third-order valence-corrected chi connectivity index (χ3v) is 7.59. The van der Waals surface area contributed by atoms with Gasteiger partial charge in [0.05, 0.1) is 23.1 Å². The van der Waals surface area contributed by atoms with Crippen LogP contribution in [0.2, 0.25) is 5.02 Å². The minimum absolute atomic E-state index is 0.0743. The summed E-state index contributed by atoms with van der Waals surface area (Å²) >= 11 is 6.17. The normalized spacial score (nSPS) is 22.7. The molecule has 1 N–H and O–H groups in total. The largest absolute Gasteiger partial charge is 0.464 e. The van der Waals surface area contributed by atoms with Crippen molar-refractivity contribution >= 4 is 34.3 Å². The van der Waals surface area contributed by atoms with Crippen LogP contribution >= 0.6 is 11.6 Å². The van der Waals surface area contributed by atoms with Gasteiger partial charge >= 0.3 is 5.97 Å². The maximum Gasteiger partial charge on any atom is 0.337 e. The minimum Gasteiger partial charge on any atom is -0.464 e. The molecule has 1 aromatic carbocycles. The van der Waals surface area contributed by atoms with Gasteiger partial charge in [0, 0.05) is 34.0 Å². The maximum atomic E-state index is 13.7. The number of ketones is 1. The lowest BCUT2D eigenvalue weighted by Gasteiger charge is -2.39. The van der Waals surface area contributed by atoms with Gasteiger partial charge in [-0.05, 0) is 62.6 Å². The van der Waals surface area contributed by atoms with E-state index in [1.807, 2.05) is 13.8 Å². The van der Waals surface area contributed by atoms with Gasteiger partial charge in [0.15, 0.2) is 11.2 Å². The second kappa shape index (κ2) is 8.98. The first kappa shape index (κ1) is 23.9. The first-order valence-corrected chi connectivity index (χ1v) is 12.7. The van der Waals surface area contributed by atoms with Crippen LogP contribution in [0.4, 0.5) is 0 Å². The molecule has 6 nitrogen and oxygen atoms in total. The predicted molar refractivity (Wildman–Crippen MR) is 134 cm³/mol. The Labute approximate surface area is 209 Å². The van der Waals surface area contributed by atoms with Crippen LogP contribution in [0.1, 0.15) is 77.2 Å². The van der Waals surface area contributed by atoms with Crippen LogP contribution in [0.25, 0.3) is 11.0 Å². The van der Waals surface area contributed by atoms with E-state index in [-0.39, 0.29) is 28.3 Å². The van der Waals surface area contributed by atoms with Gasteiger partial charge < -0.3 is 14.5 Å². The number of allylic oxidation sites excluding steroid dienone is 3. The Kier molecular flexibility index (Phi) is 6.12. The lowest BCUT2D eigenvalue weighted by Crippen LogP contribution is -2.40. The highest BCUT2D eigenvalue weighted by molar-refractivity contribution is 6.31. The lowest BCUT2D eigenvalue weighted by atomic mass is 9.68. The number of fused-ring (bicyclic) bond motifs is 1.